The van der Waals surface area contributed by atoms with Gasteiger partial charge in [0.1, 0.15) is 0 Å². The lowest BCUT2D eigenvalue weighted by molar-refractivity contribution is -0.129. The Morgan fingerprint density at radius 1 is 1.21 bits per heavy atom. The van der Waals surface area contributed by atoms with E-state index in [-0.39, 0.29) is 29.2 Å². The Morgan fingerprint density at radius 3 is 2.62 bits per heavy atom. The Bertz CT molecular complexity index is 852. The molecule has 1 aliphatic rings. The summed E-state index contributed by atoms with van der Waals surface area (Å²) in [6.45, 7) is 5.55. The number of benzene rings is 1. The second-order valence-corrected chi connectivity index (χ2v) is 7.02. The topological polar surface area (TPSA) is 86.0 Å². The monoisotopic (exact) mass is 327 g/mol. The lowest BCUT2D eigenvalue weighted by Gasteiger charge is -2.25. The Morgan fingerprint density at radius 2 is 1.92 bits per heavy atom. The van der Waals surface area contributed by atoms with Gasteiger partial charge in [0.05, 0.1) is 6.42 Å². The first kappa shape index (κ1) is 16.2. The predicted molar refractivity (Wildman–Crippen MR) is 90.9 cm³/mol. The summed E-state index contributed by atoms with van der Waals surface area (Å²) in [5, 5.41) is 4.46. The highest BCUT2D eigenvalue weighted by Crippen LogP contribution is 2.42. The third-order valence-electron chi connectivity index (χ3n) is 4.74. The number of hydrogen-bond donors (Lipinski definition) is 2. The van der Waals surface area contributed by atoms with Crippen LogP contribution in [0.5, 0.6) is 0 Å². The van der Waals surface area contributed by atoms with Gasteiger partial charge in [-0.3, -0.25) is 24.6 Å². The summed E-state index contributed by atoms with van der Waals surface area (Å²) in [5.41, 5.74) is 0.524. The summed E-state index contributed by atoms with van der Waals surface area (Å²) in [6.07, 6.45) is -0.0587. The molecule has 3 rings (SSSR count). The number of nitrogens with zero attached hydrogens (tertiary/aromatic N) is 1. The van der Waals surface area contributed by atoms with Crippen LogP contribution in [0, 0.1) is 5.41 Å². The second-order valence-electron chi connectivity index (χ2n) is 7.02. The van der Waals surface area contributed by atoms with Crippen molar-refractivity contribution in [1.29, 1.82) is 0 Å². The highest BCUT2D eigenvalue weighted by molar-refractivity contribution is 5.79. The number of hydrogen-bond acceptors (Lipinski definition) is 3. The summed E-state index contributed by atoms with van der Waals surface area (Å²) in [4.78, 5) is 37.5. The van der Waals surface area contributed by atoms with Crippen molar-refractivity contribution in [2.45, 2.75) is 26.2 Å². The van der Waals surface area contributed by atoms with E-state index in [1.165, 1.54) is 11.6 Å². The van der Waals surface area contributed by atoms with Crippen molar-refractivity contribution in [3.05, 3.63) is 68.2 Å². The molecule has 1 atom stereocenters. The number of H-pyrrole nitrogens is 2. The van der Waals surface area contributed by atoms with Gasteiger partial charge in [0.15, 0.2) is 0 Å². The molecular formula is C18H21N3O3. The minimum Gasteiger partial charge on any atom is -0.341 e. The average Bonchev–Trinajstić information content (AvgIpc) is 2.87. The zero-order valence-corrected chi connectivity index (χ0v) is 13.8. The van der Waals surface area contributed by atoms with Gasteiger partial charge in [-0.2, -0.15) is 0 Å². The van der Waals surface area contributed by atoms with Gasteiger partial charge in [-0.15, -0.1) is 0 Å². The van der Waals surface area contributed by atoms with Gasteiger partial charge in [-0.05, 0) is 11.0 Å². The number of nitrogens with one attached hydrogen (secondary N) is 2. The van der Waals surface area contributed by atoms with Gasteiger partial charge in [0.2, 0.25) is 5.91 Å². The quantitative estimate of drug-likeness (QED) is 0.890. The molecule has 1 amide bonds. The molecule has 0 aliphatic carbocycles. The van der Waals surface area contributed by atoms with E-state index in [2.05, 4.69) is 36.2 Å². The molecule has 6 heteroatoms. The summed E-state index contributed by atoms with van der Waals surface area (Å²) in [5.74, 6) is 0.123. The lowest BCUT2D eigenvalue weighted by Crippen LogP contribution is -2.34. The normalized spacial score (nSPS) is 19.4. The van der Waals surface area contributed by atoms with E-state index in [9.17, 15) is 14.4 Å². The average molecular weight is 327 g/mol. The molecule has 1 aromatic heterocycles. The molecule has 1 unspecified atom stereocenters. The second kappa shape index (κ2) is 6.11. The van der Waals surface area contributed by atoms with Crippen molar-refractivity contribution < 1.29 is 4.79 Å². The molecule has 24 heavy (non-hydrogen) atoms. The molecule has 6 nitrogen and oxygen atoms in total. The standard InChI is InChI=1S/C18H21N3O3/c1-18(2)11-21(10-14(18)12-6-4-3-5-7-12)16(23)9-13-8-15(22)19-20-17(13)24/h3-8,14H,9-11H2,1-2H3,(H,19,22)(H,20,24). The van der Waals surface area contributed by atoms with Crippen LogP contribution >= 0.6 is 0 Å². The highest BCUT2D eigenvalue weighted by atomic mass is 16.2. The Balaban J connectivity index is 1.79. The SMILES string of the molecule is CC1(C)CN(C(=O)Cc2cc(=O)[nH][nH]c2=O)CC1c1ccccc1. The van der Waals surface area contributed by atoms with Crippen LogP contribution in [0.1, 0.15) is 30.9 Å². The van der Waals surface area contributed by atoms with E-state index in [0.29, 0.717) is 13.1 Å². The number of carbonyl (C=O) groups is 1. The number of amides is 1. The van der Waals surface area contributed by atoms with E-state index >= 15 is 0 Å². The van der Waals surface area contributed by atoms with Crippen LogP contribution in [0.15, 0.2) is 46.0 Å². The van der Waals surface area contributed by atoms with Gasteiger partial charge < -0.3 is 4.90 Å². The molecule has 2 aromatic rings. The third kappa shape index (κ3) is 3.18. The summed E-state index contributed by atoms with van der Waals surface area (Å²) < 4.78 is 0. The van der Waals surface area contributed by atoms with Crippen molar-refractivity contribution in [2.75, 3.05) is 13.1 Å². The van der Waals surface area contributed by atoms with Crippen molar-refractivity contribution in [3.8, 4) is 0 Å². The van der Waals surface area contributed by atoms with Crippen LogP contribution in [0.4, 0.5) is 0 Å². The molecule has 0 radical (unpaired) electrons. The van der Waals surface area contributed by atoms with Crippen LogP contribution in [0.3, 0.4) is 0 Å². The molecule has 1 fully saturated rings. The zero-order valence-electron chi connectivity index (χ0n) is 13.8. The molecule has 0 spiro atoms. The first-order valence-corrected chi connectivity index (χ1v) is 8.00. The van der Waals surface area contributed by atoms with Crippen LogP contribution in [0.2, 0.25) is 0 Å². The van der Waals surface area contributed by atoms with Crippen LogP contribution in [0.25, 0.3) is 0 Å². The Hall–Kier alpha value is -2.63. The molecule has 1 saturated heterocycles. The van der Waals surface area contributed by atoms with Gasteiger partial charge in [-0.1, -0.05) is 44.2 Å². The largest absolute Gasteiger partial charge is 0.341 e. The summed E-state index contributed by atoms with van der Waals surface area (Å²) in [6, 6.07) is 11.3. The van der Waals surface area contributed by atoms with Crippen LogP contribution < -0.4 is 11.1 Å². The number of carbonyl (C=O) groups excluding carboxylic acids is 1. The lowest BCUT2D eigenvalue weighted by atomic mass is 9.78. The summed E-state index contributed by atoms with van der Waals surface area (Å²) in [7, 11) is 0. The smallest absolute Gasteiger partial charge is 0.266 e. The molecule has 1 aliphatic heterocycles. The number of aromatic nitrogens is 2. The molecule has 1 aromatic carbocycles. The first-order valence-electron chi connectivity index (χ1n) is 8.00. The molecular weight excluding hydrogens is 306 g/mol. The van der Waals surface area contributed by atoms with Crippen molar-refractivity contribution >= 4 is 5.91 Å². The van der Waals surface area contributed by atoms with Gasteiger partial charge in [-0.25, -0.2) is 0 Å². The van der Waals surface area contributed by atoms with Gasteiger partial charge in [0, 0.05) is 30.6 Å². The highest BCUT2D eigenvalue weighted by Gasteiger charge is 2.41. The van der Waals surface area contributed by atoms with E-state index in [1.807, 2.05) is 18.2 Å². The fourth-order valence-corrected chi connectivity index (χ4v) is 3.43. The summed E-state index contributed by atoms with van der Waals surface area (Å²) >= 11 is 0. The molecule has 126 valence electrons. The number of likely N-dealkylation sites (tertiary alicyclic amines) is 1. The third-order valence-corrected chi connectivity index (χ3v) is 4.74. The Labute approximate surface area is 139 Å². The molecule has 0 saturated carbocycles. The maximum absolute atomic E-state index is 12.6. The number of aromatic amines is 2. The minimum absolute atomic E-state index is 0.0441. The maximum atomic E-state index is 12.6. The Kier molecular flexibility index (Phi) is 4.13. The van der Waals surface area contributed by atoms with Crippen molar-refractivity contribution in [1.82, 2.24) is 15.1 Å². The van der Waals surface area contributed by atoms with Gasteiger partial charge >= 0.3 is 0 Å². The van der Waals surface area contributed by atoms with E-state index in [1.54, 1.807) is 4.90 Å². The minimum atomic E-state index is -0.430. The predicted octanol–water partition coefficient (Wildman–Crippen LogP) is 1.26. The van der Waals surface area contributed by atoms with Crippen molar-refractivity contribution in [2.24, 2.45) is 5.41 Å². The zero-order chi connectivity index (χ0) is 17.3. The van der Waals surface area contributed by atoms with Crippen LogP contribution in [-0.2, 0) is 11.2 Å². The first-order chi connectivity index (χ1) is 11.4. The molecule has 2 N–H and O–H groups in total. The fraction of sp³-hybridized carbons (Fsp3) is 0.389. The van der Waals surface area contributed by atoms with E-state index < -0.39 is 11.1 Å². The fourth-order valence-electron chi connectivity index (χ4n) is 3.43. The molecule has 0 bridgehead atoms. The maximum Gasteiger partial charge on any atom is 0.266 e. The van der Waals surface area contributed by atoms with E-state index in [4.69, 9.17) is 0 Å². The van der Waals surface area contributed by atoms with E-state index in [0.717, 1.165) is 0 Å². The van der Waals surface area contributed by atoms with Crippen LogP contribution in [-0.4, -0.2) is 34.1 Å². The van der Waals surface area contributed by atoms with Gasteiger partial charge in [0.25, 0.3) is 11.1 Å². The molecule has 2 heterocycles. The number of rotatable bonds is 3. The van der Waals surface area contributed by atoms with Crippen molar-refractivity contribution in [3.63, 3.8) is 0 Å².